The fourth-order valence-electron chi connectivity index (χ4n) is 2.40. The van der Waals surface area contributed by atoms with E-state index in [0.717, 1.165) is 10.0 Å². The molecule has 28 heavy (non-hydrogen) atoms. The van der Waals surface area contributed by atoms with Gasteiger partial charge in [-0.3, -0.25) is 9.44 Å². The minimum Gasteiger partial charge on any atom is -0.277 e. The lowest BCUT2D eigenvalue weighted by Crippen LogP contribution is -2.17. The molecule has 0 atom stereocenters. The van der Waals surface area contributed by atoms with Gasteiger partial charge in [-0.1, -0.05) is 45.8 Å². The predicted molar refractivity (Wildman–Crippen MR) is 113 cm³/mol. The van der Waals surface area contributed by atoms with E-state index >= 15 is 0 Å². The van der Waals surface area contributed by atoms with Gasteiger partial charge in [-0.05, 0) is 55.5 Å². The Labute approximate surface area is 172 Å². The molecule has 3 aromatic carbocycles. The van der Waals surface area contributed by atoms with Crippen LogP contribution in [-0.2, 0) is 20.0 Å². The van der Waals surface area contributed by atoms with Crippen LogP contribution in [0, 0.1) is 6.92 Å². The van der Waals surface area contributed by atoms with Crippen molar-refractivity contribution in [3.63, 3.8) is 0 Å². The van der Waals surface area contributed by atoms with Crippen LogP contribution in [0.5, 0.6) is 0 Å². The molecule has 9 heteroatoms. The van der Waals surface area contributed by atoms with Gasteiger partial charge < -0.3 is 0 Å². The maximum Gasteiger partial charge on any atom is 0.261 e. The zero-order valence-electron chi connectivity index (χ0n) is 14.8. The zero-order chi connectivity index (χ0) is 20.4. The average molecular weight is 481 g/mol. The molecule has 0 spiro atoms. The first-order chi connectivity index (χ1) is 13.2. The molecule has 3 rings (SSSR count). The highest BCUT2D eigenvalue weighted by molar-refractivity contribution is 9.10. The normalized spacial score (nSPS) is 11.8. The van der Waals surface area contributed by atoms with Crippen LogP contribution in [0.25, 0.3) is 0 Å². The van der Waals surface area contributed by atoms with Crippen LogP contribution >= 0.6 is 15.9 Å². The summed E-state index contributed by atoms with van der Waals surface area (Å²) in [6, 6.07) is 18.7. The average Bonchev–Trinajstić information content (AvgIpc) is 2.64. The second-order valence-corrected chi connectivity index (χ2v) is 10.3. The molecule has 0 amide bonds. The number of rotatable bonds is 6. The molecule has 0 bridgehead atoms. The Hall–Kier alpha value is -2.36. The van der Waals surface area contributed by atoms with Crippen molar-refractivity contribution < 1.29 is 16.8 Å². The molecular formula is C19H17BrN2O4S2. The molecule has 0 aliphatic rings. The molecule has 0 saturated carbocycles. The van der Waals surface area contributed by atoms with E-state index in [-0.39, 0.29) is 21.2 Å². The molecule has 146 valence electrons. The predicted octanol–water partition coefficient (Wildman–Crippen LogP) is 4.36. The number of nitrogens with one attached hydrogen (secondary N) is 2. The number of aryl methyl sites for hydroxylation is 1. The largest absolute Gasteiger partial charge is 0.277 e. The van der Waals surface area contributed by atoms with Crippen molar-refractivity contribution >= 4 is 47.4 Å². The van der Waals surface area contributed by atoms with Gasteiger partial charge in [0.25, 0.3) is 20.0 Å². The van der Waals surface area contributed by atoms with Crippen LogP contribution in [0.1, 0.15) is 5.56 Å². The summed E-state index contributed by atoms with van der Waals surface area (Å²) in [7, 11) is -7.75. The number of sulfonamides is 2. The Morgan fingerprint density at radius 3 is 1.46 bits per heavy atom. The Bertz CT molecular complexity index is 1090. The van der Waals surface area contributed by atoms with Crippen LogP contribution in [-0.4, -0.2) is 16.8 Å². The van der Waals surface area contributed by atoms with E-state index in [4.69, 9.17) is 0 Å². The number of para-hydroxylation sites is 2. The third kappa shape index (κ3) is 4.73. The van der Waals surface area contributed by atoms with Gasteiger partial charge in [-0.15, -0.1) is 0 Å². The molecule has 0 unspecified atom stereocenters. The maximum absolute atomic E-state index is 12.6. The standard InChI is InChI=1S/C19H17BrN2O4S2/c1-14-6-10-16(11-7-14)27(23,24)21-18-4-2-3-5-19(18)22-28(25,26)17-12-8-15(20)9-13-17/h2-13,21-22H,1H3. The summed E-state index contributed by atoms with van der Waals surface area (Å²) in [5, 5.41) is 0. The molecule has 0 aliphatic carbocycles. The zero-order valence-corrected chi connectivity index (χ0v) is 18.0. The van der Waals surface area contributed by atoms with Crippen molar-refractivity contribution in [2.75, 3.05) is 9.44 Å². The van der Waals surface area contributed by atoms with Crippen LogP contribution < -0.4 is 9.44 Å². The number of anilines is 2. The van der Waals surface area contributed by atoms with E-state index in [1.54, 1.807) is 36.4 Å². The van der Waals surface area contributed by atoms with Crippen molar-refractivity contribution in [2.45, 2.75) is 16.7 Å². The van der Waals surface area contributed by atoms with Gasteiger partial charge in [0, 0.05) is 4.47 Å². The molecular weight excluding hydrogens is 464 g/mol. The van der Waals surface area contributed by atoms with E-state index in [1.165, 1.54) is 36.4 Å². The van der Waals surface area contributed by atoms with Crippen molar-refractivity contribution in [3.05, 3.63) is 82.8 Å². The van der Waals surface area contributed by atoms with E-state index in [9.17, 15) is 16.8 Å². The fraction of sp³-hybridized carbons (Fsp3) is 0.0526. The lowest BCUT2D eigenvalue weighted by molar-refractivity contribution is 0.599. The summed E-state index contributed by atoms with van der Waals surface area (Å²) in [5.41, 5.74) is 1.19. The van der Waals surface area contributed by atoms with Gasteiger partial charge in [0.1, 0.15) is 0 Å². The quantitative estimate of drug-likeness (QED) is 0.547. The summed E-state index contributed by atoms with van der Waals surface area (Å²) in [6.45, 7) is 1.86. The third-order valence-electron chi connectivity index (χ3n) is 3.87. The molecule has 6 nitrogen and oxygen atoms in total. The summed E-state index contributed by atoms with van der Waals surface area (Å²) in [6.07, 6.45) is 0. The molecule has 0 aliphatic heterocycles. The van der Waals surface area contributed by atoms with Crippen molar-refractivity contribution in [3.8, 4) is 0 Å². The fourth-order valence-corrected chi connectivity index (χ4v) is 4.82. The minimum atomic E-state index is -3.88. The number of benzene rings is 3. The Balaban J connectivity index is 1.91. The smallest absolute Gasteiger partial charge is 0.261 e. The third-order valence-corrected chi connectivity index (χ3v) is 7.16. The monoisotopic (exact) mass is 480 g/mol. The van der Waals surface area contributed by atoms with Gasteiger partial charge in [-0.25, -0.2) is 16.8 Å². The molecule has 3 aromatic rings. The van der Waals surface area contributed by atoms with Gasteiger partial charge in [0.2, 0.25) is 0 Å². The lowest BCUT2D eigenvalue weighted by Gasteiger charge is -2.14. The van der Waals surface area contributed by atoms with E-state index in [2.05, 4.69) is 25.4 Å². The lowest BCUT2D eigenvalue weighted by atomic mass is 10.2. The maximum atomic E-state index is 12.6. The topological polar surface area (TPSA) is 92.3 Å². The van der Waals surface area contributed by atoms with Crippen LogP contribution in [0.15, 0.2) is 87.1 Å². The summed E-state index contributed by atoms with van der Waals surface area (Å²) >= 11 is 3.26. The first kappa shape index (κ1) is 20.4. The second kappa shape index (κ2) is 7.94. The highest BCUT2D eigenvalue weighted by Crippen LogP contribution is 2.27. The Morgan fingerprint density at radius 1 is 0.643 bits per heavy atom. The van der Waals surface area contributed by atoms with E-state index in [0.29, 0.717) is 0 Å². The van der Waals surface area contributed by atoms with Crippen LogP contribution in [0.4, 0.5) is 11.4 Å². The van der Waals surface area contributed by atoms with Crippen LogP contribution in [0.2, 0.25) is 0 Å². The molecule has 0 fully saturated rings. The number of hydrogen-bond donors (Lipinski definition) is 2. The van der Waals surface area contributed by atoms with Gasteiger partial charge in [-0.2, -0.15) is 0 Å². The molecule has 0 heterocycles. The van der Waals surface area contributed by atoms with Crippen molar-refractivity contribution in [1.29, 1.82) is 0 Å². The van der Waals surface area contributed by atoms with E-state index in [1.807, 2.05) is 6.92 Å². The van der Waals surface area contributed by atoms with E-state index < -0.39 is 20.0 Å². The van der Waals surface area contributed by atoms with Gasteiger partial charge >= 0.3 is 0 Å². The Morgan fingerprint density at radius 2 is 1.04 bits per heavy atom. The van der Waals surface area contributed by atoms with Crippen LogP contribution in [0.3, 0.4) is 0 Å². The van der Waals surface area contributed by atoms with Gasteiger partial charge in [0.15, 0.2) is 0 Å². The number of halogens is 1. The minimum absolute atomic E-state index is 0.0619. The van der Waals surface area contributed by atoms with Crippen molar-refractivity contribution in [2.24, 2.45) is 0 Å². The molecule has 0 radical (unpaired) electrons. The summed E-state index contributed by atoms with van der Waals surface area (Å²) < 4.78 is 56.2. The molecule has 2 N–H and O–H groups in total. The first-order valence-corrected chi connectivity index (χ1v) is 11.9. The second-order valence-electron chi connectivity index (χ2n) is 6.02. The highest BCUT2D eigenvalue weighted by Gasteiger charge is 2.19. The Kier molecular flexibility index (Phi) is 5.78. The molecule has 0 saturated heterocycles. The van der Waals surface area contributed by atoms with Gasteiger partial charge in [0.05, 0.1) is 21.2 Å². The summed E-state index contributed by atoms with van der Waals surface area (Å²) in [5.74, 6) is 0. The van der Waals surface area contributed by atoms with Crippen molar-refractivity contribution in [1.82, 2.24) is 0 Å². The SMILES string of the molecule is Cc1ccc(S(=O)(=O)Nc2ccccc2NS(=O)(=O)c2ccc(Br)cc2)cc1. The molecule has 0 aromatic heterocycles. The highest BCUT2D eigenvalue weighted by atomic mass is 79.9. The first-order valence-electron chi connectivity index (χ1n) is 8.14. The number of hydrogen-bond acceptors (Lipinski definition) is 4. The summed E-state index contributed by atoms with van der Waals surface area (Å²) in [4.78, 5) is 0.149.